The largest absolute Gasteiger partial charge is 0.339 e. The lowest BCUT2D eigenvalue weighted by Gasteiger charge is -2.39. The maximum Gasteiger partial charge on any atom is 0.225 e. The van der Waals surface area contributed by atoms with E-state index in [0.29, 0.717) is 30.8 Å². The molecule has 3 aliphatic rings. The third kappa shape index (κ3) is 2.61. The molecule has 1 N–H and O–H groups in total. The summed E-state index contributed by atoms with van der Waals surface area (Å²) in [4.78, 5) is 28.2. The lowest BCUT2D eigenvalue weighted by Crippen LogP contribution is -2.55. The zero-order valence-electron chi connectivity index (χ0n) is 11.6. The molecule has 106 valence electrons. The molecular formula is C14H23N3O2. The lowest BCUT2D eigenvalue weighted by atomic mass is 9.88. The molecular weight excluding hydrogens is 242 g/mol. The smallest absolute Gasteiger partial charge is 0.225 e. The Hall–Kier alpha value is -1.10. The fourth-order valence-corrected chi connectivity index (χ4v) is 2.89. The SMILES string of the molecule is CC(C(=O)N1CCN(C(=O)C2CC2)CC1)C1CNC1. The van der Waals surface area contributed by atoms with Crippen molar-refractivity contribution in [2.24, 2.45) is 17.8 Å². The summed E-state index contributed by atoms with van der Waals surface area (Å²) in [6, 6.07) is 0. The molecule has 5 heteroatoms. The maximum absolute atomic E-state index is 12.3. The summed E-state index contributed by atoms with van der Waals surface area (Å²) in [6.07, 6.45) is 2.12. The normalized spacial score (nSPS) is 25.9. The van der Waals surface area contributed by atoms with Gasteiger partial charge in [-0.3, -0.25) is 9.59 Å². The molecule has 0 aromatic heterocycles. The summed E-state index contributed by atoms with van der Waals surface area (Å²) >= 11 is 0. The van der Waals surface area contributed by atoms with Crippen molar-refractivity contribution in [1.82, 2.24) is 15.1 Å². The van der Waals surface area contributed by atoms with Gasteiger partial charge in [-0.25, -0.2) is 0 Å². The van der Waals surface area contributed by atoms with Crippen LogP contribution in [0.1, 0.15) is 19.8 Å². The van der Waals surface area contributed by atoms with E-state index in [1.807, 2.05) is 16.7 Å². The van der Waals surface area contributed by atoms with Crippen LogP contribution in [0, 0.1) is 17.8 Å². The van der Waals surface area contributed by atoms with Crippen LogP contribution in [0.2, 0.25) is 0 Å². The minimum Gasteiger partial charge on any atom is -0.339 e. The molecule has 1 saturated carbocycles. The van der Waals surface area contributed by atoms with E-state index in [2.05, 4.69) is 5.32 Å². The number of rotatable bonds is 3. The van der Waals surface area contributed by atoms with Crippen LogP contribution in [0.15, 0.2) is 0 Å². The Morgan fingerprint density at radius 1 is 1.05 bits per heavy atom. The van der Waals surface area contributed by atoms with Crippen molar-refractivity contribution in [2.75, 3.05) is 39.3 Å². The highest BCUT2D eigenvalue weighted by Gasteiger charge is 2.37. The van der Waals surface area contributed by atoms with E-state index >= 15 is 0 Å². The minimum atomic E-state index is 0.118. The van der Waals surface area contributed by atoms with Crippen LogP contribution in [-0.2, 0) is 9.59 Å². The average Bonchev–Trinajstić information content (AvgIpc) is 3.19. The second-order valence-corrected chi connectivity index (χ2v) is 6.13. The van der Waals surface area contributed by atoms with Gasteiger partial charge in [-0.1, -0.05) is 6.92 Å². The summed E-state index contributed by atoms with van der Waals surface area (Å²) in [5, 5.41) is 3.22. The summed E-state index contributed by atoms with van der Waals surface area (Å²) in [6.45, 7) is 6.83. The molecule has 0 radical (unpaired) electrons. The number of hydrogen-bond donors (Lipinski definition) is 1. The number of carbonyl (C=O) groups excluding carboxylic acids is 2. The third-order valence-electron chi connectivity index (χ3n) is 4.74. The van der Waals surface area contributed by atoms with E-state index in [9.17, 15) is 9.59 Å². The molecule has 1 unspecified atom stereocenters. The van der Waals surface area contributed by atoms with E-state index in [1.54, 1.807) is 0 Å². The van der Waals surface area contributed by atoms with Crippen LogP contribution < -0.4 is 5.32 Å². The van der Waals surface area contributed by atoms with Crippen LogP contribution >= 0.6 is 0 Å². The molecule has 0 bridgehead atoms. The Morgan fingerprint density at radius 3 is 2.11 bits per heavy atom. The van der Waals surface area contributed by atoms with E-state index in [1.165, 1.54) is 0 Å². The molecule has 5 nitrogen and oxygen atoms in total. The van der Waals surface area contributed by atoms with Gasteiger partial charge in [0.2, 0.25) is 11.8 Å². The van der Waals surface area contributed by atoms with Crippen LogP contribution in [0.4, 0.5) is 0 Å². The van der Waals surface area contributed by atoms with E-state index in [4.69, 9.17) is 0 Å². The van der Waals surface area contributed by atoms with Crippen molar-refractivity contribution < 1.29 is 9.59 Å². The Labute approximate surface area is 114 Å². The van der Waals surface area contributed by atoms with Gasteiger partial charge >= 0.3 is 0 Å². The van der Waals surface area contributed by atoms with Crippen molar-refractivity contribution in [3.63, 3.8) is 0 Å². The Balaban J connectivity index is 1.48. The van der Waals surface area contributed by atoms with Crippen LogP contribution in [-0.4, -0.2) is 60.9 Å². The van der Waals surface area contributed by atoms with Gasteiger partial charge < -0.3 is 15.1 Å². The topological polar surface area (TPSA) is 52.7 Å². The number of hydrogen-bond acceptors (Lipinski definition) is 3. The van der Waals surface area contributed by atoms with Crippen molar-refractivity contribution in [3.05, 3.63) is 0 Å². The van der Waals surface area contributed by atoms with Gasteiger partial charge in [0.25, 0.3) is 0 Å². The number of amides is 2. The summed E-state index contributed by atoms with van der Waals surface area (Å²) in [7, 11) is 0. The van der Waals surface area contributed by atoms with Gasteiger partial charge in [0, 0.05) is 38.0 Å². The highest BCUT2D eigenvalue weighted by atomic mass is 16.2. The molecule has 0 aromatic carbocycles. The Kier molecular flexibility index (Phi) is 3.48. The quantitative estimate of drug-likeness (QED) is 0.777. The number of nitrogens with zero attached hydrogens (tertiary/aromatic N) is 2. The molecule has 2 aliphatic heterocycles. The molecule has 1 aliphatic carbocycles. The maximum atomic E-state index is 12.3. The molecule has 3 fully saturated rings. The number of piperazine rings is 1. The molecule has 2 amide bonds. The van der Waals surface area contributed by atoms with Gasteiger partial charge in [0.05, 0.1) is 0 Å². The zero-order chi connectivity index (χ0) is 13.4. The minimum absolute atomic E-state index is 0.118. The van der Waals surface area contributed by atoms with Crippen molar-refractivity contribution in [3.8, 4) is 0 Å². The van der Waals surface area contributed by atoms with Gasteiger partial charge in [0.15, 0.2) is 0 Å². The Morgan fingerprint density at radius 2 is 1.63 bits per heavy atom. The predicted octanol–water partition coefficient (Wildman–Crippen LogP) is -0.0773. The fourth-order valence-electron chi connectivity index (χ4n) is 2.89. The zero-order valence-corrected chi connectivity index (χ0v) is 11.6. The van der Waals surface area contributed by atoms with Gasteiger partial charge in [-0.15, -0.1) is 0 Å². The first-order valence-corrected chi connectivity index (χ1v) is 7.45. The van der Waals surface area contributed by atoms with Crippen LogP contribution in [0.25, 0.3) is 0 Å². The van der Waals surface area contributed by atoms with E-state index in [-0.39, 0.29) is 11.8 Å². The predicted molar refractivity (Wildman–Crippen MR) is 71.4 cm³/mol. The highest BCUT2D eigenvalue weighted by molar-refractivity contribution is 5.82. The van der Waals surface area contributed by atoms with Gasteiger partial charge in [-0.2, -0.15) is 0 Å². The molecule has 3 rings (SSSR count). The fraction of sp³-hybridized carbons (Fsp3) is 0.857. The van der Waals surface area contributed by atoms with E-state index < -0.39 is 0 Å². The Bertz CT molecular complexity index is 369. The van der Waals surface area contributed by atoms with Crippen molar-refractivity contribution in [2.45, 2.75) is 19.8 Å². The monoisotopic (exact) mass is 265 g/mol. The first-order chi connectivity index (χ1) is 9.16. The second-order valence-electron chi connectivity index (χ2n) is 6.13. The van der Waals surface area contributed by atoms with Crippen molar-refractivity contribution >= 4 is 11.8 Å². The molecule has 2 saturated heterocycles. The molecule has 2 heterocycles. The summed E-state index contributed by atoms with van der Waals surface area (Å²) in [5.41, 5.74) is 0. The first-order valence-electron chi connectivity index (χ1n) is 7.45. The summed E-state index contributed by atoms with van der Waals surface area (Å²) in [5.74, 6) is 1.49. The second kappa shape index (κ2) is 5.12. The lowest BCUT2D eigenvalue weighted by molar-refractivity contribution is -0.143. The van der Waals surface area contributed by atoms with Crippen LogP contribution in [0.5, 0.6) is 0 Å². The van der Waals surface area contributed by atoms with Gasteiger partial charge in [-0.05, 0) is 31.8 Å². The molecule has 19 heavy (non-hydrogen) atoms. The standard InChI is InChI=1S/C14H23N3O2/c1-10(12-8-15-9-12)13(18)16-4-6-17(7-5-16)14(19)11-2-3-11/h10-12,15H,2-9H2,1H3. The van der Waals surface area contributed by atoms with Crippen molar-refractivity contribution in [1.29, 1.82) is 0 Å². The molecule has 0 aromatic rings. The average molecular weight is 265 g/mol. The third-order valence-corrected chi connectivity index (χ3v) is 4.74. The van der Waals surface area contributed by atoms with E-state index in [0.717, 1.165) is 39.0 Å². The van der Waals surface area contributed by atoms with Gasteiger partial charge in [0.1, 0.15) is 0 Å². The highest BCUT2D eigenvalue weighted by Crippen LogP contribution is 2.31. The number of carbonyl (C=O) groups is 2. The number of nitrogens with one attached hydrogen (secondary N) is 1. The molecule has 0 spiro atoms. The molecule has 1 atom stereocenters. The summed E-state index contributed by atoms with van der Waals surface area (Å²) < 4.78 is 0. The van der Waals surface area contributed by atoms with Crippen LogP contribution in [0.3, 0.4) is 0 Å². The first kappa shape index (κ1) is 12.9.